The van der Waals surface area contributed by atoms with Gasteiger partial charge >= 0.3 is 0 Å². The van der Waals surface area contributed by atoms with Gasteiger partial charge in [-0.15, -0.1) is 0 Å². The molecule has 2 nitrogen and oxygen atoms in total. The Hall–Kier alpha value is -1.000. The van der Waals surface area contributed by atoms with E-state index < -0.39 is 0 Å². The van der Waals surface area contributed by atoms with Gasteiger partial charge in [0.15, 0.2) is 0 Å². The highest BCUT2D eigenvalue weighted by Crippen LogP contribution is 2.29. The van der Waals surface area contributed by atoms with E-state index >= 15 is 0 Å². The van der Waals surface area contributed by atoms with Gasteiger partial charge in [-0.05, 0) is 42.3 Å². The fraction of sp³-hybridized carbons (Fsp3) is 0.294. The number of hydrogen-bond donors (Lipinski definition) is 0. The quantitative estimate of drug-likeness (QED) is 0.599. The Morgan fingerprint density at radius 3 is 2.43 bits per heavy atom. The molecule has 0 saturated carbocycles. The Labute approximate surface area is 142 Å². The van der Waals surface area contributed by atoms with E-state index in [1.807, 2.05) is 12.1 Å². The zero-order valence-corrected chi connectivity index (χ0v) is 15.3. The van der Waals surface area contributed by atoms with Gasteiger partial charge in [-0.1, -0.05) is 44.0 Å². The van der Waals surface area contributed by atoms with Crippen LogP contribution in [0.5, 0.6) is 11.5 Å². The van der Waals surface area contributed by atoms with Gasteiger partial charge in [0, 0.05) is 21.8 Å². The van der Waals surface area contributed by atoms with Crippen molar-refractivity contribution in [3.05, 3.63) is 57.6 Å². The summed E-state index contributed by atoms with van der Waals surface area (Å²) in [5.41, 5.74) is 3.55. The van der Waals surface area contributed by atoms with Crippen LogP contribution < -0.4 is 9.47 Å². The first-order valence-corrected chi connectivity index (χ1v) is 8.66. The smallest absolute Gasteiger partial charge is 0.126 e. The fourth-order valence-corrected chi connectivity index (χ4v) is 3.20. The van der Waals surface area contributed by atoms with E-state index in [4.69, 9.17) is 9.47 Å². The lowest BCUT2D eigenvalue weighted by molar-refractivity contribution is 0.317. The van der Waals surface area contributed by atoms with Gasteiger partial charge in [0.25, 0.3) is 0 Å². The SMILES string of the molecule is COc1ccc(CCOc2c(C)cc(Br)cc2CBr)cc1. The van der Waals surface area contributed by atoms with Crippen LogP contribution in [0.3, 0.4) is 0 Å². The minimum atomic E-state index is 0.662. The maximum absolute atomic E-state index is 5.99. The number of halogens is 2. The molecule has 2 aromatic carbocycles. The molecule has 0 aliphatic carbocycles. The van der Waals surface area contributed by atoms with Crippen LogP contribution in [-0.2, 0) is 11.8 Å². The van der Waals surface area contributed by atoms with Gasteiger partial charge in [-0.25, -0.2) is 0 Å². The molecule has 2 aromatic rings. The average Bonchev–Trinajstić information content (AvgIpc) is 2.49. The predicted molar refractivity (Wildman–Crippen MR) is 93.7 cm³/mol. The maximum atomic E-state index is 5.99. The van der Waals surface area contributed by atoms with Gasteiger partial charge in [0.2, 0.25) is 0 Å². The fourth-order valence-electron chi connectivity index (χ4n) is 2.17. The molecule has 4 heteroatoms. The summed E-state index contributed by atoms with van der Waals surface area (Å²) in [5, 5.41) is 0.783. The van der Waals surface area contributed by atoms with Crippen molar-refractivity contribution >= 4 is 31.9 Å². The molecule has 0 radical (unpaired) electrons. The minimum Gasteiger partial charge on any atom is -0.497 e. The molecule has 0 aliphatic heterocycles. The lowest BCUT2D eigenvalue weighted by Gasteiger charge is -2.14. The maximum Gasteiger partial charge on any atom is 0.126 e. The first-order chi connectivity index (χ1) is 10.1. The standard InChI is InChI=1S/C17H18Br2O2/c1-12-9-15(19)10-14(11-18)17(12)21-8-7-13-3-5-16(20-2)6-4-13/h3-6,9-10H,7-8,11H2,1-2H3. The lowest BCUT2D eigenvalue weighted by atomic mass is 10.1. The van der Waals surface area contributed by atoms with E-state index in [1.54, 1.807) is 7.11 Å². The number of methoxy groups -OCH3 is 1. The minimum absolute atomic E-state index is 0.662. The van der Waals surface area contributed by atoms with Crippen LogP contribution in [0.4, 0.5) is 0 Å². The lowest BCUT2D eigenvalue weighted by Crippen LogP contribution is -2.04. The third-order valence-electron chi connectivity index (χ3n) is 3.26. The zero-order chi connectivity index (χ0) is 15.2. The Morgan fingerprint density at radius 1 is 1.10 bits per heavy atom. The molecule has 0 N–H and O–H groups in total. The van der Waals surface area contributed by atoms with Crippen LogP contribution in [0.15, 0.2) is 40.9 Å². The second-order valence-corrected chi connectivity index (χ2v) is 6.27. The number of rotatable bonds is 6. The Balaban J connectivity index is 1.99. The second-order valence-electron chi connectivity index (χ2n) is 4.79. The molecule has 0 aliphatic rings. The number of aryl methyl sites for hydroxylation is 1. The van der Waals surface area contributed by atoms with Crippen molar-refractivity contribution < 1.29 is 9.47 Å². The largest absolute Gasteiger partial charge is 0.497 e. The number of hydrogen-bond acceptors (Lipinski definition) is 2. The van der Waals surface area contributed by atoms with Crippen molar-refractivity contribution in [3.63, 3.8) is 0 Å². The molecule has 0 saturated heterocycles. The van der Waals surface area contributed by atoms with E-state index in [1.165, 1.54) is 5.56 Å². The monoisotopic (exact) mass is 412 g/mol. The summed E-state index contributed by atoms with van der Waals surface area (Å²) in [4.78, 5) is 0. The third kappa shape index (κ3) is 4.48. The molecule has 0 fully saturated rings. The molecular weight excluding hydrogens is 396 g/mol. The summed E-state index contributed by atoms with van der Waals surface area (Å²) in [5.74, 6) is 1.86. The van der Waals surface area contributed by atoms with Gasteiger partial charge in [0.1, 0.15) is 11.5 Å². The van der Waals surface area contributed by atoms with Crippen LogP contribution in [0.25, 0.3) is 0 Å². The van der Waals surface area contributed by atoms with Crippen molar-refractivity contribution in [1.29, 1.82) is 0 Å². The summed E-state index contributed by atoms with van der Waals surface area (Å²) < 4.78 is 12.2. The molecule has 0 unspecified atom stereocenters. The summed E-state index contributed by atoms with van der Waals surface area (Å²) in [6, 6.07) is 12.3. The Kier molecular flexibility index (Phi) is 6.12. The molecule has 0 heterocycles. The molecule has 0 bridgehead atoms. The molecule has 0 spiro atoms. The summed E-state index contributed by atoms with van der Waals surface area (Å²) >= 11 is 7.03. The summed E-state index contributed by atoms with van der Waals surface area (Å²) in [6.07, 6.45) is 0.876. The van der Waals surface area contributed by atoms with Crippen molar-refractivity contribution in [2.24, 2.45) is 0 Å². The van der Waals surface area contributed by atoms with Crippen molar-refractivity contribution in [2.75, 3.05) is 13.7 Å². The van der Waals surface area contributed by atoms with Gasteiger partial charge in [-0.3, -0.25) is 0 Å². The first-order valence-electron chi connectivity index (χ1n) is 6.74. The molecular formula is C17H18Br2O2. The highest BCUT2D eigenvalue weighted by molar-refractivity contribution is 9.10. The first kappa shape index (κ1) is 16.4. The summed E-state index contributed by atoms with van der Waals surface area (Å²) in [7, 11) is 1.68. The second kappa shape index (κ2) is 7.85. The average molecular weight is 414 g/mol. The molecule has 0 atom stereocenters. The van der Waals surface area contributed by atoms with E-state index in [2.05, 4.69) is 63.0 Å². The van der Waals surface area contributed by atoms with E-state index in [0.717, 1.165) is 38.8 Å². The van der Waals surface area contributed by atoms with Crippen molar-refractivity contribution in [3.8, 4) is 11.5 Å². The van der Waals surface area contributed by atoms with Gasteiger partial charge < -0.3 is 9.47 Å². The Morgan fingerprint density at radius 2 is 1.81 bits per heavy atom. The number of alkyl halides is 1. The highest BCUT2D eigenvalue weighted by Gasteiger charge is 2.08. The van der Waals surface area contributed by atoms with Crippen LogP contribution in [0.2, 0.25) is 0 Å². The number of benzene rings is 2. The molecule has 2 rings (SSSR count). The molecule has 0 amide bonds. The topological polar surface area (TPSA) is 18.5 Å². The van der Waals surface area contributed by atoms with Crippen molar-refractivity contribution in [2.45, 2.75) is 18.7 Å². The summed E-state index contributed by atoms with van der Waals surface area (Å²) in [6.45, 7) is 2.73. The molecule has 21 heavy (non-hydrogen) atoms. The van der Waals surface area contributed by atoms with Gasteiger partial charge in [-0.2, -0.15) is 0 Å². The zero-order valence-electron chi connectivity index (χ0n) is 12.2. The van der Waals surface area contributed by atoms with E-state index in [0.29, 0.717) is 6.61 Å². The van der Waals surface area contributed by atoms with Crippen LogP contribution in [0.1, 0.15) is 16.7 Å². The van der Waals surface area contributed by atoms with E-state index in [-0.39, 0.29) is 0 Å². The number of ether oxygens (including phenoxy) is 2. The molecule has 0 aromatic heterocycles. The third-order valence-corrected chi connectivity index (χ3v) is 4.32. The predicted octanol–water partition coefficient (Wildman–Crippen LogP) is 5.28. The molecule has 112 valence electrons. The van der Waals surface area contributed by atoms with Crippen LogP contribution in [0, 0.1) is 6.92 Å². The van der Waals surface area contributed by atoms with Crippen molar-refractivity contribution in [1.82, 2.24) is 0 Å². The van der Waals surface area contributed by atoms with Crippen LogP contribution >= 0.6 is 31.9 Å². The Bertz CT molecular complexity index is 594. The van der Waals surface area contributed by atoms with Gasteiger partial charge in [0.05, 0.1) is 13.7 Å². The van der Waals surface area contributed by atoms with Crippen LogP contribution in [-0.4, -0.2) is 13.7 Å². The highest BCUT2D eigenvalue weighted by atomic mass is 79.9. The van der Waals surface area contributed by atoms with E-state index in [9.17, 15) is 0 Å². The normalized spacial score (nSPS) is 10.5.